The summed E-state index contributed by atoms with van der Waals surface area (Å²) in [7, 11) is 0. The molecule has 1 N–H and O–H groups in total. The molecule has 0 radical (unpaired) electrons. The average Bonchev–Trinajstić information content (AvgIpc) is 3.68. The molecule has 3 aliphatic rings. The Balaban J connectivity index is 1.21. The molecule has 1 aliphatic heterocycles. The van der Waals surface area contributed by atoms with E-state index in [0.717, 1.165) is 27.4 Å². The number of benzene rings is 3. The van der Waals surface area contributed by atoms with Gasteiger partial charge in [0.05, 0.1) is 27.7 Å². The number of nitrogens with zero attached hydrogens (tertiary/aromatic N) is 2. The predicted octanol–water partition coefficient (Wildman–Crippen LogP) is 5.51. The Morgan fingerprint density at radius 2 is 1.60 bits per heavy atom. The van der Waals surface area contributed by atoms with Crippen LogP contribution in [0, 0.1) is 0 Å². The zero-order chi connectivity index (χ0) is 29.1. The summed E-state index contributed by atoms with van der Waals surface area (Å²) in [5.41, 5.74) is 2.48. The van der Waals surface area contributed by atoms with E-state index in [2.05, 4.69) is 22.6 Å². The normalized spacial score (nSPS) is 16.0. The van der Waals surface area contributed by atoms with Gasteiger partial charge in [-0.3, -0.25) is 24.0 Å². The molecule has 2 aliphatic carbocycles. The number of allylic oxidation sites excluding steroid dienone is 4. The Labute approximate surface area is 243 Å². The molecule has 8 nitrogen and oxygen atoms in total. The highest BCUT2D eigenvalue weighted by atomic mass is 32.2. The lowest BCUT2D eigenvalue weighted by molar-refractivity contribution is 0.0882. The smallest absolute Gasteiger partial charge is 0.266 e. The average molecular weight is 572 g/mol. The molecule has 42 heavy (non-hydrogen) atoms. The number of nitrogens with one attached hydrogen (secondary N) is 1. The number of H-pyrrole nitrogens is 1. The molecule has 0 saturated carbocycles. The Morgan fingerprint density at radius 3 is 2.21 bits per heavy atom. The summed E-state index contributed by atoms with van der Waals surface area (Å²) in [6.07, 6.45) is 8.77. The number of aromatic nitrogens is 2. The van der Waals surface area contributed by atoms with Crippen LogP contribution < -0.4 is 10.5 Å². The van der Waals surface area contributed by atoms with Crippen molar-refractivity contribution in [2.75, 3.05) is 10.7 Å². The van der Waals surface area contributed by atoms with Gasteiger partial charge in [-0.05, 0) is 60.0 Å². The van der Waals surface area contributed by atoms with Crippen molar-refractivity contribution in [3.8, 4) is 0 Å². The summed E-state index contributed by atoms with van der Waals surface area (Å²) in [4.78, 5) is 75.7. The SMILES string of the molecule is C=CCSc1ccc2nc(C3C(=O)c4cc5c(cc4C3=O)C(=O)N(c3ccc(C4=CCC=C4)cc3)C5=O)[nH]c(=O)c2c1. The molecule has 2 heterocycles. The molecule has 1 aromatic heterocycles. The second-order valence-corrected chi connectivity index (χ2v) is 11.2. The van der Waals surface area contributed by atoms with E-state index < -0.39 is 34.9 Å². The van der Waals surface area contributed by atoms with Gasteiger partial charge in [-0.15, -0.1) is 18.3 Å². The second-order valence-electron chi connectivity index (χ2n) is 10.1. The molecule has 0 saturated heterocycles. The number of hydrogen-bond acceptors (Lipinski definition) is 7. The van der Waals surface area contributed by atoms with Crippen LogP contribution in [-0.4, -0.2) is 39.1 Å². The fourth-order valence-electron chi connectivity index (χ4n) is 5.60. The first-order chi connectivity index (χ1) is 20.4. The fourth-order valence-corrected chi connectivity index (χ4v) is 6.28. The monoisotopic (exact) mass is 571 g/mol. The lowest BCUT2D eigenvalue weighted by atomic mass is 10.0. The number of anilines is 1. The van der Waals surface area contributed by atoms with E-state index in [1.54, 1.807) is 30.3 Å². The van der Waals surface area contributed by atoms with Gasteiger partial charge in [0.2, 0.25) is 0 Å². The van der Waals surface area contributed by atoms with Crippen LogP contribution in [0.15, 0.2) is 95.2 Å². The van der Waals surface area contributed by atoms with Crippen LogP contribution in [-0.2, 0) is 0 Å². The van der Waals surface area contributed by atoms with Crippen LogP contribution in [0.3, 0.4) is 0 Å². The van der Waals surface area contributed by atoms with Crippen molar-refractivity contribution in [2.45, 2.75) is 17.2 Å². The number of aromatic amines is 1. The van der Waals surface area contributed by atoms with E-state index in [0.29, 0.717) is 22.3 Å². The van der Waals surface area contributed by atoms with Crippen LogP contribution in [0.4, 0.5) is 5.69 Å². The van der Waals surface area contributed by atoms with Crippen molar-refractivity contribution < 1.29 is 19.2 Å². The first-order valence-electron chi connectivity index (χ1n) is 13.3. The third-order valence-corrected chi connectivity index (χ3v) is 8.64. The van der Waals surface area contributed by atoms with Crippen LogP contribution in [0.5, 0.6) is 0 Å². The van der Waals surface area contributed by atoms with E-state index in [1.165, 1.54) is 23.9 Å². The minimum absolute atomic E-state index is 0.0287. The molecule has 0 bridgehead atoms. The zero-order valence-electron chi connectivity index (χ0n) is 22.0. The van der Waals surface area contributed by atoms with Crippen LogP contribution >= 0.6 is 11.8 Å². The number of fused-ring (bicyclic) bond motifs is 3. The molecular weight excluding hydrogens is 550 g/mol. The third-order valence-electron chi connectivity index (χ3n) is 7.65. The van der Waals surface area contributed by atoms with Crippen LogP contribution in [0.25, 0.3) is 16.5 Å². The molecule has 4 aromatic rings. The number of carbonyl (C=O) groups excluding carboxylic acids is 4. The molecule has 0 spiro atoms. The number of carbonyl (C=O) groups is 4. The summed E-state index contributed by atoms with van der Waals surface area (Å²) in [5.74, 6) is -3.08. The zero-order valence-corrected chi connectivity index (χ0v) is 22.9. The first kappa shape index (κ1) is 25.8. The van der Waals surface area contributed by atoms with Gasteiger partial charge < -0.3 is 4.98 Å². The number of imide groups is 1. The molecule has 2 amide bonds. The Morgan fingerprint density at radius 1 is 0.905 bits per heavy atom. The Hall–Kier alpha value is -5.15. The van der Waals surface area contributed by atoms with E-state index in [1.807, 2.05) is 30.4 Å². The summed E-state index contributed by atoms with van der Waals surface area (Å²) in [5, 5.41) is 0.336. The number of ketones is 2. The van der Waals surface area contributed by atoms with E-state index in [9.17, 15) is 24.0 Å². The van der Waals surface area contributed by atoms with Crippen molar-refractivity contribution in [1.29, 1.82) is 0 Å². The molecule has 3 aromatic carbocycles. The molecule has 9 heteroatoms. The van der Waals surface area contributed by atoms with Gasteiger partial charge in [-0.2, -0.15) is 0 Å². The van der Waals surface area contributed by atoms with Gasteiger partial charge in [0.15, 0.2) is 11.6 Å². The minimum atomic E-state index is -1.37. The number of hydrogen-bond donors (Lipinski definition) is 1. The predicted molar refractivity (Wildman–Crippen MR) is 160 cm³/mol. The lowest BCUT2D eigenvalue weighted by Crippen LogP contribution is -2.29. The van der Waals surface area contributed by atoms with Crippen molar-refractivity contribution >= 4 is 57.3 Å². The lowest BCUT2D eigenvalue weighted by Gasteiger charge is -2.14. The van der Waals surface area contributed by atoms with Gasteiger partial charge in [-0.1, -0.05) is 36.4 Å². The molecule has 0 fully saturated rings. The number of thioether (sulfide) groups is 1. The largest absolute Gasteiger partial charge is 0.309 e. The highest BCUT2D eigenvalue weighted by Crippen LogP contribution is 2.38. The highest BCUT2D eigenvalue weighted by Gasteiger charge is 2.45. The molecule has 0 unspecified atom stereocenters. The number of rotatable bonds is 6. The summed E-state index contributed by atoms with van der Waals surface area (Å²) < 4.78 is 0. The topological polar surface area (TPSA) is 117 Å². The molecular formula is C33H21N3O5S. The third kappa shape index (κ3) is 3.93. The standard InChI is InChI=1S/C33H21N3O5S/c1-2-13-42-20-11-12-26-25(14-20)31(39)35-30(34-26)27-28(37)21-15-23-24(16-22(21)29(27)38)33(41)36(32(23)40)19-9-7-18(8-10-19)17-5-3-4-6-17/h2-3,5-12,14-16,27H,1,4,13H2,(H,34,35,39). The van der Waals surface area contributed by atoms with Crippen LogP contribution in [0.1, 0.15) is 65.2 Å². The van der Waals surface area contributed by atoms with Gasteiger partial charge in [0.1, 0.15) is 11.7 Å². The van der Waals surface area contributed by atoms with E-state index in [-0.39, 0.29) is 28.1 Å². The summed E-state index contributed by atoms with van der Waals surface area (Å²) in [6.45, 7) is 3.70. The van der Waals surface area contributed by atoms with Gasteiger partial charge in [-0.25, -0.2) is 9.88 Å². The maximum atomic E-state index is 13.5. The van der Waals surface area contributed by atoms with Crippen molar-refractivity contribution in [3.63, 3.8) is 0 Å². The fraction of sp³-hybridized carbons (Fsp3) is 0.0909. The quantitative estimate of drug-likeness (QED) is 0.140. The number of amides is 2. The van der Waals surface area contributed by atoms with E-state index in [4.69, 9.17) is 0 Å². The first-order valence-corrected chi connectivity index (χ1v) is 14.2. The second kappa shape index (κ2) is 9.74. The maximum absolute atomic E-state index is 13.5. The summed E-state index contributed by atoms with van der Waals surface area (Å²) >= 11 is 1.51. The maximum Gasteiger partial charge on any atom is 0.266 e. The van der Waals surface area contributed by atoms with Crippen molar-refractivity contribution in [3.05, 3.63) is 129 Å². The molecule has 0 atom stereocenters. The minimum Gasteiger partial charge on any atom is -0.309 e. The Kier molecular flexibility index (Phi) is 5.98. The number of Topliss-reactive ketones (excluding diaryl/α,β-unsaturated/α-hetero) is 2. The highest BCUT2D eigenvalue weighted by molar-refractivity contribution is 7.99. The molecule has 204 valence electrons. The van der Waals surface area contributed by atoms with E-state index >= 15 is 0 Å². The Bertz CT molecular complexity index is 1980. The van der Waals surface area contributed by atoms with Crippen molar-refractivity contribution in [1.82, 2.24) is 9.97 Å². The van der Waals surface area contributed by atoms with Gasteiger partial charge in [0, 0.05) is 21.8 Å². The van der Waals surface area contributed by atoms with Crippen molar-refractivity contribution in [2.24, 2.45) is 0 Å². The van der Waals surface area contributed by atoms with Gasteiger partial charge >= 0.3 is 0 Å². The van der Waals surface area contributed by atoms with Gasteiger partial charge in [0.25, 0.3) is 17.4 Å². The summed E-state index contributed by atoms with van der Waals surface area (Å²) in [6, 6.07) is 14.9. The molecule has 7 rings (SSSR count). The van der Waals surface area contributed by atoms with Crippen LogP contribution in [0.2, 0.25) is 0 Å².